The third-order valence-electron chi connectivity index (χ3n) is 2.98. The molecular formula is C10H20N2O. The Morgan fingerprint density at radius 3 is 2.31 bits per heavy atom. The third kappa shape index (κ3) is 3.66. The van der Waals surface area contributed by atoms with Crippen molar-refractivity contribution in [2.24, 2.45) is 11.7 Å². The zero-order valence-corrected chi connectivity index (χ0v) is 8.38. The minimum atomic E-state index is -0.392. The Morgan fingerprint density at radius 1 is 1.31 bits per heavy atom. The molecule has 0 saturated heterocycles. The molecule has 1 rings (SSSR count). The van der Waals surface area contributed by atoms with E-state index in [1.807, 2.05) is 0 Å². The first-order chi connectivity index (χ1) is 6.20. The zero-order chi connectivity index (χ0) is 9.68. The van der Waals surface area contributed by atoms with E-state index in [0.29, 0.717) is 5.92 Å². The summed E-state index contributed by atoms with van der Waals surface area (Å²) in [7, 11) is 0. The lowest BCUT2D eigenvalue weighted by molar-refractivity contribution is 0.238. The van der Waals surface area contributed by atoms with Crippen LogP contribution in [0.5, 0.6) is 0 Å². The molecule has 1 aliphatic carbocycles. The van der Waals surface area contributed by atoms with Crippen molar-refractivity contribution >= 4 is 6.03 Å². The minimum Gasteiger partial charge on any atom is -0.352 e. The summed E-state index contributed by atoms with van der Waals surface area (Å²) in [4.78, 5) is 10.6. The molecule has 0 spiro atoms. The number of nitrogens with two attached hydrogens (primary N) is 1. The Kier molecular flexibility index (Phi) is 4.06. The van der Waals surface area contributed by atoms with Crippen LogP contribution in [0.3, 0.4) is 0 Å². The van der Waals surface area contributed by atoms with Gasteiger partial charge in [-0.05, 0) is 25.7 Å². The molecule has 1 fully saturated rings. The second-order valence-electron chi connectivity index (χ2n) is 4.05. The van der Waals surface area contributed by atoms with Crippen LogP contribution in [-0.4, -0.2) is 12.1 Å². The van der Waals surface area contributed by atoms with Crippen LogP contribution in [0.2, 0.25) is 0 Å². The molecule has 0 heterocycles. The molecule has 0 aliphatic heterocycles. The number of carbonyl (C=O) groups excluding carboxylic acids is 1. The molecule has 76 valence electrons. The molecule has 13 heavy (non-hydrogen) atoms. The highest BCUT2D eigenvalue weighted by molar-refractivity contribution is 5.71. The molecular weight excluding hydrogens is 164 g/mol. The molecule has 2 amide bonds. The van der Waals surface area contributed by atoms with Crippen molar-refractivity contribution in [3.8, 4) is 0 Å². The van der Waals surface area contributed by atoms with Gasteiger partial charge in [0, 0.05) is 6.04 Å². The van der Waals surface area contributed by atoms with Crippen LogP contribution < -0.4 is 11.1 Å². The van der Waals surface area contributed by atoms with E-state index in [4.69, 9.17) is 5.73 Å². The van der Waals surface area contributed by atoms with Gasteiger partial charge in [-0.15, -0.1) is 0 Å². The Bertz CT molecular complexity index is 162. The normalized spacial score (nSPS) is 21.9. The highest BCUT2D eigenvalue weighted by atomic mass is 16.2. The fourth-order valence-electron chi connectivity index (χ4n) is 2.15. The molecule has 3 heteroatoms. The second kappa shape index (κ2) is 5.10. The lowest BCUT2D eigenvalue weighted by Gasteiger charge is -2.22. The lowest BCUT2D eigenvalue weighted by Crippen LogP contribution is -2.41. The van der Waals surface area contributed by atoms with Gasteiger partial charge in [0.05, 0.1) is 0 Å². The van der Waals surface area contributed by atoms with Crippen LogP contribution in [-0.2, 0) is 0 Å². The van der Waals surface area contributed by atoms with Gasteiger partial charge in [0.15, 0.2) is 0 Å². The van der Waals surface area contributed by atoms with Crippen molar-refractivity contribution in [3.63, 3.8) is 0 Å². The summed E-state index contributed by atoms with van der Waals surface area (Å²) >= 11 is 0. The van der Waals surface area contributed by atoms with Crippen LogP contribution in [0.4, 0.5) is 4.79 Å². The Labute approximate surface area is 80.1 Å². The monoisotopic (exact) mass is 184 g/mol. The van der Waals surface area contributed by atoms with E-state index >= 15 is 0 Å². The summed E-state index contributed by atoms with van der Waals surface area (Å²) in [6, 6.07) is -0.146. The summed E-state index contributed by atoms with van der Waals surface area (Å²) < 4.78 is 0. The first kappa shape index (κ1) is 10.4. The predicted octanol–water partition coefficient (Wildman–Crippen LogP) is 2.01. The second-order valence-corrected chi connectivity index (χ2v) is 4.05. The van der Waals surface area contributed by atoms with Gasteiger partial charge in [0.25, 0.3) is 0 Å². The van der Waals surface area contributed by atoms with E-state index in [1.165, 1.54) is 38.5 Å². The van der Waals surface area contributed by atoms with Crippen molar-refractivity contribution in [2.45, 2.75) is 51.5 Å². The highest BCUT2D eigenvalue weighted by Crippen LogP contribution is 2.25. The number of primary amides is 1. The summed E-state index contributed by atoms with van der Waals surface area (Å²) in [5.74, 6) is 0.634. The number of urea groups is 1. The van der Waals surface area contributed by atoms with Crippen molar-refractivity contribution in [2.75, 3.05) is 0 Å². The van der Waals surface area contributed by atoms with E-state index < -0.39 is 6.03 Å². The molecule has 0 radical (unpaired) electrons. The van der Waals surface area contributed by atoms with Crippen LogP contribution in [0.15, 0.2) is 0 Å². The Balaban J connectivity index is 2.34. The minimum absolute atomic E-state index is 0.246. The maximum absolute atomic E-state index is 10.6. The van der Waals surface area contributed by atoms with Crippen LogP contribution in [0, 0.1) is 5.92 Å². The predicted molar refractivity (Wildman–Crippen MR) is 53.4 cm³/mol. The number of amides is 2. The quantitative estimate of drug-likeness (QED) is 0.634. The SMILES string of the molecule is CC(NC(N)=O)C1CCCCCC1. The van der Waals surface area contributed by atoms with Gasteiger partial charge in [-0.2, -0.15) is 0 Å². The third-order valence-corrected chi connectivity index (χ3v) is 2.98. The molecule has 1 atom stereocenters. The molecule has 3 nitrogen and oxygen atoms in total. The molecule has 0 aromatic rings. The van der Waals surface area contributed by atoms with E-state index in [2.05, 4.69) is 12.2 Å². The average molecular weight is 184 g/mol. The number of nitrogens with one attached hydrogen (secondary N) is 1. The van der Waals surface area contributed by atoms with Gasteiger partial charge in [-0.3, -0.25) is 0 Å². The van der Waals surface area contributed by atoms with E-state index in [0.717, 1.165) is 0 Å². The van der Waals surface area contributed by atoms with Crippen molar-refractivity contribution in [3.05, 3.63) is 0 Å². The topological polar surface area (TPSA) is 55.1 Å². The molecule has 3 N–H and O–H groups in total. The van der Waals surface area contributed by atoms with Gasteiger partial charge >= 0.3 is 6.03 Å². The summed E-state index contributed by atoms with van der Waals surface area (Å²) in [5, 5.41) is 2.78. The van der Waals surface area contributed by atoms with E-state index in [-0.39, 0.29) is 6.04 Å². The molecule has 0 bridgehead atoms. The Morgan fingerprint density at radius 2 is 1.85 bits per heavy atom. The van der Waals surface area contributed by atoms with Crippen LogP contribution in [0.1, 0.15) is 45.4 Å². The summed E-state index contributed by atoms with van der Waals surface area (Å²) in [6.07, 6.45) is 7.77. The van der Waals surface area contributed by atoms with E-state index in [1.54, 1.807) is 0 Å². The zero-order valence-electron chi connectivity index (χ0n) is 8.38. The fraction of sp³-hybridized carbons (Fsp3) is 0.900. The summed E-state index contributed by atoms with van der Waals surface area (Å²) in [5.41, 5.74) is 5.09. The van der Waals surface area contributed by atoms with Crippen LogP contribution >= 0.6 is 0 Å². The fourth-order valence-corrected chi connectivity index (χ4v) is 2.15. The highest BCUT2D eigenvalue weighted by Gasteiger charge is 2.19. The lowest BCUT2D eigenvalue weighted by atomic mass is 9.93. The number of rotatable bonds is 2. The van der Waals surface area contributed by atoms with Gasteiger partial charge in [-0.25, -0.2) is 4.79 Å². The number of carbonyl (C=O) groups is 1. The number of hydrogen-bond donors (Lipinski definition) is 2. The smallest absolute Gasteiger partial charge is 0.312 e. The van der Waals surface area contributed by atoms with Gasteiger partial charge in [-0.1, -0.05) is 25.7 Å². The van der Waals surface area contributed by atoms with Gasteiger partial charge in [0.2, 0.25) is 0 Å². The van der Waals surface area contributed by atoms with Crippen molar-refractivity contribution in [1.82, 2.24) is 5.32 Å². The standard InChI is InChI=1S/C10H20N2O/c1-8(12-10(11)13)9-6-4-2-3-5-7-9/h8-9H,2-7H2,1H3,(H3,11,12,13). The number of hydrogen-bond acceptors (Lipinski definition) is 1. The molecule has 1 aliphatic rings. The van der Waals surface area contributed by atoms with Crippen LogP contribution in [0.25, 0.3) is 0 Å². The largest absolute Gasteiger partial charge is 0.352 e. The maximum Gasteiger partial charge on any atom is 0.312 e. The maximum atomic E-state index is 10.6. The summed E-state index contributed by atoms with van der Waals surface area (Å²) in [6.45, 7) is 2.06. The van der Waals surface area contributed by atoms with Crippen molar-refractivity contribution in [1.29, 1.82) is 0 Å². The molecule has 1 saturated carbocycles. The first-order valence-electron chi connectivity index (χ1n) is 5.26. The first-order valence-corrected chi connectivity index (χ1v) is 5.26. The molecule has 0 aromatic carbocycles. The van der Waals surface area contributed by atoms with Crippen molar-refractivity contribution < 1.29 is 4.79 Å². The molecule has 0 aromatic heterocycles. The van der Waals surface area contributed by atoms with Gasteiger partial charge in [0.1, 0.15) is 0 Å². The molecule has 1 unspecified atom stereocenters. The average Bonchev–Trinajstić information content (AvgIpc) is 2.29. The van der Waals surface area contributed by atoms with Gasteiger partial charge < -0.3 is 11.1 Å². The Hall–Kier alpha value is -0.730. The van der Waals surface area contributed by atoms with E-state index in [9.17, 15) is 4.79 Å².